The zero-order valence-electron chi connectivity index (χ0n) is 15.7. The second-order valence-electron chi connectivity index (χ2n) is 5.89. The van der Waals surface area contributed by atoms with Gasteiger partial charge in [0.25, 0.3) is 0 Å². The van der Waals surface area contributed by atoms with Crippen LogP contribution in [0.3, 0.4) is 0 Å². The molecule has 152 valence electrons. The van der Waals surface area contributed by atoms with Crippen molar-refractivity contribution >= 4 is 50.5 Å². The van der Waals surface area contributed by atoms with Gasteiger partial charge in [0, 0.05) is 5.02 Å². The van der Waals surface area contributed by atoms with Gasteiger partial charge in [-0.1, -0.05) is 23.2 Å². The van der Waals surface area contributed by atoms with E-state index in [1.807, 2.05) is 0 Å². The number of halogens is 2. The maximum Gasteiger partial charge on any atom is 0.248 e. The lowest BCUT2D eigenvalue weighted by atomic mass is 10.2. The number of anilines is 2. The van der Waals surface area contributed by atoms with Gasteiger partial charge >= 0.3 is 0 Å². The molecule has 28 heavy (non-hydrogen) atoms. The van der Waals surface area contributed by atoms with E-state index in [-0.39, 0.29) is 10.7 Å². The second kappa shape index (κ2) is 8.89. The standard InChI is InChI=1S/C18H20Cl2N2O5S/c1-11(18(23)21-15-9-12(19)5-7-17(15)27-3)22(28(4,24)25)13-6-8-16(26-2)14(20)10-13/h5-11H,1-4H3,(H,21,23)/t11-/m1/s1. The van der Waals surface area contributed by atoms with Crippen LogP contribution in [0.2, 0.25) is 10.0 Å². The molecule has 0 aromatic heterocycles. The van der Waals surface area contributed by atoms with Crippen molar-refractivity contribution in [3.63, 3.8) is 0 Å². The van der Waals surface area contributed by atoms with Crippen molar-refractivity contribution in [1.29, 1.82) is 0 Å². The lowest BCUT2D eigenvalue weighted by molar-refractivity contribution is -0.116. The van der Waals surface area contributed by atoms with E-state index in [1.54, 1.807) is 12.1 Å². The number of nitrogens with one attached hydrogen (secondary N) is 1. The molecular formula is C18H20Cl2N2O5S. The fourth-order valence-corrected chi connectivity index (χ4v) is 4.21. The molecule has 0 unspecified atom stereocenters. The molecule has 0 saturated carbocycles. The number of carbonyl (C=O) groups excluding carboxylic acids is 1. The summed E-state index contributed by atoms with van der Waals surface area (Å²) in [5, 5.41) is 3.26. The molecule has 0 saturated heterocycles. The molecule has 0 fully saturated rings. The Morgan fingerprint density at radius 2 is 1.68 bits per heavy atom. The number of carbonyl (C=O) groups is 1. The van der Waals surface area contributed by atoms with Crippen molar-refractivity contribution in [1.82, 2.24) is 0 Å². The summed E-state index contributed by atoms with van der Waals surface area (Å²) in [6.07, 6.45) is 1.01. The predicted molar refractivity (Wildman–Crippen MR) is 111 cm³/mol. The Hall–Kier alpha value is -2.16. The molecule has 7 nitrogen and oxygen atoms in total. The third kappa shape index (κ3) is 5.01. The second-order valence-corrected chi connectivity index (χ2v) is 8.59. The number of ether oxygens (including phenoxy) is 2. The first kappa shape index (κ1) is 22.1. The lowest BCUT2D eigenvalue weighted by Crippen LogP contribution is -2.45. The van der Waals surface area contributed by atoms with E-state index in [9.17, 15) is 13.2 Å². The number of hydrogen-bond acceptors (Lipinski definition) is 5. The average molecular weight is 447 g/mol. The van der Waals surface area contributed by atoms with E-state index in [4.69, 9.17) is 32.7 Å². The Morgan fingerprint density at radius 1 is 1.07 bits per heavy atom. The number of nitrogens with zero attached hydrogens (tertiary/aromatic N) is 1. The summed E-state index contributed by atoms with van der Waals surface area (Å²) in [7, 11) is -0.902. The normalized spacial score (nSPS) is 12.2. The molecule has 0 aliphatic rings. The molecular weight excluding hydrogens is 427 g/mol. The highest BCUT2D eigenvalue weighted by Gasteiger charge is 2.30. The molecule has 0 heterocycles. The Morgan fingerprint density at radius 3 is 2.21 bits per heavy atom. The SMILES string of the molecule is COc1ccc(N([C@H](C)C(=O)Nc2cc(Cl)ccc2OC)S(C)(=O)=O)cc1Cl. The highest BCUT2D eigenvalue weighted by atomic mass is 35.5. The van der Waals surface area contributed by atoms with Crippen LogP contribution in [-0.4, -0.2) is 40.8 Å². The lowest BCUT2D eigenvalue weighted by Gasteiger charge is -2.28. The van der Waals surface area contributed by atoms with Crippen LogP contribution in [0.15, 0.2) is 36.4 Å². The molecule has 0 aliphatic heterocycles. The van der Waals surface area contributed by atoms with Gasteiger partial charge in [-0.2, -0.15) is 0 Å². The van der Waals surface area contributed by atoms with Gasteiger partial charge < -0.3 is 14.8 Å². The summed E-state index contributed by atoms with van der Waals surface area (Å²) in [5.74, 6) is 0.209. The smallest absolute Gasteiger partial charge is 0.248 e. The van der Waals surface area contributed by atoms with Crippen LogP contribution >= 0.6 is 23.2 Å². The highest BCUT2D eigenvalue weighted by molar-refractivity contribution is 7.92. The number of methoxy groups -OCH3 is 2. The van der Waals surface area contributed by atoms with Crippen molar-refractivity contribution in [3.05, 3.63) is 46.4 Å². The zero-order chi connectivity index (χ0) is 21.1. The van der Waals surface area contributed by atoms with Crippen molar-refractivity contribution < 1.29 is 22.7 Å². The Kier molecular flexibility index (Phi) is 7.03. The third-order valence-electron chi connectivity index (χ3n) is 3.90. The first-order valence-electron chi connectivity index (χ1n) is 8.05. The van der Waals surface area contributed by atoms with E-state index >= 15 is 0 Å². The van der Waals surface area contributed by atoms with Crippen LogP contribution in [0, 0.1) is 0 Å². The van der Waals surface area contributed by atoms with Crippen molar-refractivity contribution in [3.8, 4) is 11.5 Å². The van der Waals surface area contributed by atoms with Gasteiger partial charge in [0.2, 0.25) is 15.9 Å². The zero-order valence-corrected chi connectivity index (χ0v) is 18.0. The maximum atomic E-state index is 12.8. The quantitative estimate of drug-likeness (QED) is 0.698. The van der Waals surface area contributed by atoms with Crippen LogP contribution in [0.25, 0.3) is 0 Å². The van der Waals surface area contributed by atoms with Crippen LogP contribution in [-0.2, 0) is 14.8 Å². The van der Waals surface area contributed by atoms with E-state index in [0.717, 1.165) is 10.6 Å². The number of amides is 1. The van der Waals surface area contributed by atoms with Crippen molar-refractivity contribution in [2.45, 2.75) is 13.0 Å². The van der Waals surface area contributed by atoms with Crippen LogP contribution in [0.1, 0.15) is 6.92 Å². The van der Waals surface area contributed by atoms with E-state index in [0.29, 0.717) is 22.2 Å². The summed E-state index contributed by atoms with van der Waals surface area (Å²) >= 11 is 12.1. The molecule has 0 bridgehead atoms. The van der Waals surface area contributed by atoms with Crippen molar-refractivity contribution in [2.75, 3.05) is 30.1 Å². The number of benzene rings is 2. The van der Waals surface area contributed by atoms with E-state index < -0.39 is 22.0 Å². The Balaban J connectivity index is 2.38. The summed E-state index contributed by atoms with van der Waals surface area (Å²) < 4.78 is 36.1. The van der Waals surface area contributed by atoms with Gasteiger partial charge in [-0.05, 0) is 43.3 Å². The van der Waals surface area contributed by atoms with Gasteiger partial charge in [0.05, 0.1) is 36.9 Å². The van der Waals surface area contributed by atoms with Crippen LogP contribution in [0.4, 0.5) is 11.4 Å². The highest BCUT2D eigenvalue weighted by Crippen LogP contribution is 2.32. The van der Waals surface area contributed by atoms with Gasteiger partial charge in [0.1, 0.15) is 17.5 Å². The molecule has 2 aromatic carbocycles. The minimum atomic E-state index is -3.80. The largest absolute Gasteiger partial charge is 0.495 e. The summed E-state index contributed by atoms with van der Waals surface area (Å²) in [6, 6.07) is 8.10. The monoisotopic (exact) mass is 446 g/mol. The Bertz CT molecular complexity index is 982. The minimum Gasteiger partial charge on any atom is -0.495 e. The summed E-state index contributed by atoms with van der Waals surface area (Å²) in [6.45, 7) is 1.46. The van der Waals surface area contributed by atoms with E-state index in [2.05, 4.69) is 5.32 Å². The molecule has 10 heteroatoms. The first-order chi connectivity index (χ1) is 13.1. The number of sulfonamides is 1. The van der Waals surface area contributed by atoms with Gasteiger partial charge in [-0.3, -0.25) is 9.10 Å². The molecule has 0 radical (unpaired) electrons. The molecule has 2 aromatic rings. The van der Waals surface area contributed by atoms with E-state index in [1.165, 1.54) is 45.4 Å². The molecule has 0 aliphatic carbocycles. The maximum absolute atomic E-state index is 12.8. The topological polar surface area (TPSA) is 84.9 Å². The molecule has 1 amide bonds. The fraction of sp³-hybridized carbons (Fsp3) is 0.278. The minimum absolute atomic E-state index is 0.220. The molecule has 1 N–H and O–H groups in total. The van der Waals surface area contributed by atoms with Gasteiger partial charge in [-0.15, -0.1) is 0 Å². The summed E-state index contributed by atoms with van der Waals surface area (Å²) in [4.78, 5) is 12.8. The van der Waals surface area contributed by atoms with Gasteiger partial charge in [0.15, 0.2) is 0 Å². The molecule has 1 atom stereocenters. The Labute approximate surface area is 174 Å². The fourth-order valence-electron chi connectivity index (χ4n) is 2.62. The van der Waals surface area contributed by atoms with Gasteiger partial charge in [-0.25, -0.2) is 8.42 Å². The number of rotatable bonds is 7. The molecule has 0 spiro atoms. The first-order valence-corrected chi connectivity index (χ1v) is 10.7. The van der Waals surface area contributed by atoms with Crippen LogP contribution < -0.4 is 19.1 Å². The summed E-state index contributed by atoms with van der Waals surface area (Å²) in [5.41, 5.74) is 0.557. The molecule has 2 rings (SSSR count). The van der Waals surface area contributed by atoms with Crippen LogP contribution in [0.5, 0.6) is 11.5 Å². The predicted octanol–water partition coefficient (Wildman–Crippen LogP) is 3.80. The number of hydrogen-bond donors (Lipinski definition) is 1. The average Bonchev–Trinajstić information content (AvgIpc) is 2.61. The van der Waals surface area contributed by atoms with Crippen molar-refractivity contribution in [2.24, 2.45) is 0 Å². The third-order valence-corrected chi connectivity index (χ3v) is 5.67.